The van der Waals surface area contributed by atoms with Crippen molar-refractivity contribution in [3.63, 3.8) is 0 Å². The van der Waals surface area contributed by atoms with Crippen LogP contribution in [-0.4, -0.2) is 35.6 Å². The molecule has 1 aliphatic carbocycles. The molecule has 0 spiro atoms. The van der Waals surface area contributed by atoms with Crippen molar-refractivity contribution in [1.29, 1.82) is 0 Å². The van der Waals surface area contributed by atoms with Crippen LogP contribution in [0.4, 0.5) is 0 Å². The number of nitrogens with zero attached hydrogens (tertiary/aromatic N) is 1. The zero-order chi connectivity index (χ0) is 16.9. The fourth-order valence-electron chi connectivity index (χ4n) is 2.65. The lowest BCUT2D eigenvalue weighted by Gasteiger charge is -2.21. The van der Waals surface area contributed by atoms with Gasteiger partial charge in [-0.1, -0.05) is 30.3 Å². The lowest BCUT2D eigenvalue weighted by atomic mass is 10.1. The van der Waals surface area contributed by atoms with Gasteiger partial charge in [0.1, 0.15) is 12.4 Å². The molecule has 1 atom stereocenters. The van der Waals surface area contributed by atoms with Gasteiger partial charge in [-0.3, -0.25) is 4.79 Å². The van der Waals surface area contributed by atoms with Gasteiger partial charge in [0.05, 0.1) is 6.10 Å². The van der Waals surface area contributed by atoms with Crippen LogP contribution in [0.25, 0.3) is 0 Å². The molecule has 1 saturated carbocycles. The van der Waals surface area contributed by atoms with Gasteiger partial charge in [-0.2, -0.15) is 0 Å². The van der Waals surface area contributed by atoms with E-state index in [0.29, 0.717) is 24.6 Å². The molecule has 0 saturated heterocycles. The molecule has 2 aromatic carbocycles. The predicted molar refractivity (Wildman–Crippen MR) is 92.9 cm³/mol. The van der Waals surface area contributed by atoms with Gasteiger partial charge in [0.15, 0.2) is 0 Å². The van der Waals surface area contributed by atoms with Crippen molar-refractivity contribution in [1.82, 2.24) is 4.90 Å². The van der Waals surface area contributed by atoms with E-state index < -0.39 is 6.10 Å². The highest BCUT2D eigenvalue weighted by atomic mass is 16.5. The SMILES string of the molecule is CN(CC(O)C1CC1)C(=O)c1ccc(OCc2ccccc2)cc1. The molecule has 0 aromatic heterocycles. The summed E-state index contributed by atoms with van der Waals surface area (Å²) in [6, 6.07) is 17.1. The minimum absolute atomic E-state index is 0.0793. The van der Waals surface area contributed by atoms with E-state index in [2.05, 4.69) is 0 Å². The molecule has 1 unspecified atom stereocenters. The molecule has 4 heteroatoms. The summed E-state index contributed by atoms with van der Waals surface area (Å²) in [7, 11) is 1.73. The van der Waals surface area contributed by atoms with Crippen molar-refractivity contribution in [2.24, 2.45) is 5.92 Å². The smallest absolute Gasteiger partial charge is 0.253 e. The fraction of sp³-hybridized carbons (Fsp3) is 0.350. The van der Waals surface area contributed by atoms with Crippen molar-refractivity contribution in [3.05, 3.63) is 65.7 Å². The molecule has 4 nitrogen and oxygen atoms in total. The Kier molecular flexibility index (Phi) is 5.16. The molecule has 1 amide bonds. The standard InChI is InChI=1S/C20H23NO3/c1-21(13-19(22)16-7-8-16)20(23)17-9-11-18(12-10-17)24-14-15-5-3-2-4-6-15/h2-6,9-12,16,19,22H,7-8,13-14H2,1H3. The fourth-order valence-corrected chi connectivity index (χ4v) is 2.65. The summed E-state index contributed by atoms with van der Waals surface area (Å²) in [6.45, 7) is 0.886. The molecular weight excluding hydrogens is 302 g/mol. The van der Waals surface area contributed by atoms with Gasteiger partial charge < -0.3 is 14.7 Å². The van der Waals surface area contributed by atoms with E-state index in [1.54, 1.807) is 36.2 Å². The Bertz CT molecular complexity index is 665. The quantitative estimate of drug-likeness (QED) is 0.851. The highest BCUT2D eigenvalue weighted by Gasteiger charge is 2.31. The van der Waals surface area contributed by atoms with E-state index in [-0.39, 0.29) is 5.91 Å². The second-order valence-corrected chi connectivity index (χ2v) is 6.39. The number of carbonyl (C=O) groups excluding carboxylic acids is 1. The van der Waals surface area contributed by atoms with Crippen molar-refractivity contribution in [2.45, 2.75) is 25.6 Å². The molecule has 1 fully saturated rings. The van der Waals surface area contributed by atoms with Crippen molar-refractivity contribution < 1.29 is 14.6 Å². The van der Waals surface area contributed by atoms with Crippen LogP contribution in [0.1, 0.15) is 28.8 Å². The second kappa shape index (κ2) is 7.49. The first-order valence-electron chi connectivity index (χ1n) is 8.34. The van der Waals surface area contributed by atoms with Crippen LogP contribution in [0.2, 0.25) is 0 Å². The van der Waals surface area contributed by atoms with E-state index in [1.807, 2.05) is 30.3 Å². The average molecular weight is 325 g/mol. The maximum Gasteiger partial charge on any atom is 0.253 e. The number of hydrogen-bond donors (Lipinski definition) is 1. The van der Waals surface area contributed by atoms with Gasteiger partial charge in [0.2, 0.25) is 0 Å². The largest absolute Gasteiger partial charge is 0.489 e. The Hall–Kier alpha value is -2.33. The van der Waals surface area contributed by atoms with Crippen LogP contribution in [0.5, 0.6) is 5.75 Å². The molecule has 0 aliphatic heterocycles. The third kappa shape index (κ3) is 4.36. The number of rotatable bonds is 7. The van der Waals surface area contributed by atoms with Crippen molar-refractivity contribution >= 4 is 5.91 Å². The minimum Gasteiger partial charge on any atom is -0.489 e. The molecular formula is C20H23NO3. The number of aliphatic hydroxyl groups is 1. The van der Waals surface area contributed by atoms with Crippen molar-refractivity contribution in [2.75, 3.05) is 13.6 Å². The summed E-state index contributed by atoms with van der Waals surface area (Å²) >= 11 is 0. The number of aliphatic hydroxyl groups excluding tert-OH is 1. The van der Waals surface area contributed by atoms with Crippen molar-refractivity contribution in [3.8, 4) is 5.75 Å². The Morgan fingerprint density at radius 1 is 1.17 bits per heavy atom. The lowest BCUT2D eigenvalue weighted by molar-refractivity contribution is 0.0645. The summed E-state index contributed by atoms with van der Waals surface area (Å²) in [5.74, 6) is 1.02. The maximum absolute atomic E-state index is 12.4. The van der Waals surface area contributed by atoms with Gasteiger partial charge in [0.25, 0.3) is 5.91 Å². The summed E-state index contributed by atoms with van der Waals surface area (Å²) < 4.78 is 5.73. The van der Waals surface area contributed by atoms with Gasteiger partial charge in [-0.25, -0.2) is 0 Å². The first kappa shape index (κ1) is 16.5. The topological polar surface area (TPSA) is 49.8 Å². The normalized spacial score (nSPS) is 14.9. The first-order chi connectivity index (χ1) is 11.6. The number of carbonyl (C=O) groups is 1. The lowest BCUT2D eigenvalue weighted by Crippen LogP contribution is -2.35. The first-order valence-corrected chi connectivity index (χ1v) is 8.34. The van der Waals surface area contributed by atoms with Crippen LogP contribution in [0.15, 0.2) is 54.6 Å². The number of hydrogen-bond acceptors (Lipinski definition) is 3. The van der Waals surface area contributed by atoms with E-state index in [0.717, 1.165) is 24.2 Å². The minimum atomic E-state index is -0.410. The summed E-state index contributed by atoms with van der Waals surface area (Å²) in [5, 5.41) is 9.96. The predicted octanol–water partition coefficient (Wildman–Crippen LogP) is 3.11. The van der Waals surface area contributed by atoms with Gasteiger partial charge in [-0.05, 0) is 48.6 Å². The summed E-state index contributed by atoms with van der Waals surface area (Å²) in [6.07, 6.45) is 1.72. The van der Waals surface area contributed by atoms with Crippen LogP contribution in [0, 0.1) is 5.92 Å². The molecule has 1 aliphatic rings. The zero-order valence-electron chi connectivity index (χ0n) is 13.9. The Labute approximate surface area is 142 Å². The maximum atomic E-state index is 12.4. The van der Waals surface area contributed by atoms with Crippen LogP contribution >= 0.6 is 0 Å². The molecule has 126 valence electrons. The van der Waals surface area contributed by atoms with E-state index >= 15 is 0 Å². The number of likely N-dealkylation sites (N-methyl/N-ethyl adjacent to an activating group) is 1. The molecule has 0 bridgehead atoms. The third-order valence-corrected chi connectivity index (χ3v) is 4.32. The van der Waals surface area contributed by atoms with Crippen LogP contribution < -0.4 is 4.74 Å². The Morgan fingerprint density at radius 2 is 1.83 bits per heavy atom. The second-order valence-electron chi connectivity index (χ2n) is 6.39. The van der Waals surface area contributed by atoms with Crippen LogP contribution in [-0.2, 0) is 6.61 Å². The van der Waals surface area contributed by atoms with E-state index in [4.69, 9.17) is 4.74 Å². The molecule has 0 radical (unpaired) electrons. The molecule has 24 heavy (non-hydrogen) atoms. The molecule has 2 aromatic rings. The highest BCUT2D eigenvalue weighted by Crippen LogP contribution is 2.32. The molecule has 1 N–H and O–H groups in total. The average Bonchev–Trinajstić information content (AvgIpc) is 3.46. The zero-order valence-corrected chi connectivity index (χ0v) is 13.9. The third-order valence-electron chi connectivity index (χ3n) is 4.32. The van der Waals surface area contributed by atoms with E-state index in [9.17, 15) is 9.90 Å². The summed E-state index contributed by atoms with van der Waals surface area (Å²) in [5.41, 5.74) is 1.71. The van der Waals surface area contributed by atoms with Gasteiger partial charge in [0, 0.05) is 19.2 Å². The van der Waals surface area contributed by atoms with Gasteiger partial charge in [-0.15, -0.1) is 0 Å². The number of ether oxygens (including phenoxy) is 1. The number of benzene rings is 2. The number of amides is 1. The van der Waals surface area contributed by atoms with Gasteiger partial charge >= 0.3 is 0 Å². The summed E-state index contributed by atoms with van der Waals surface area (Å²) in [4.78, 5) is 14.0. The molecule has 3 rings (SSSR count). The monoisotopic (exact) mass is 325 g/mol. The Morgan fingerprint density at radius 3 is 2.46 bits per heavy atom. The molecule has 0 heterocycles. The van der Waals surface area contributed by atoms with Crippen LogP contribution in [0.3, 0.4) is 0 Å². The highest BCUT2D eigenvalue weighted by molar-refractivity contribution is 5.94. The van der Waals surface area contributed by atoms with E-state index in [1.165, 1.54) is 0 Å². The Balaban J connectivity index is 1.54.